The molecular formula is C15H19ClN2O2S. The van der Waals surface area contributed by atoms with Crippen molar-refractivity contribution in [3.63, 3.8) is 0 Å². The molecule has 3 atom stereocenters. The van der Waals surface area contributed by atoms with Crippen molar-refractivity contribution in [3.05, 3.63) is 29.3 Å². The molecule has 0 amide bonds. The van der Waals surface area contributed by atoms with Gasteiger partial charge in [0.2, 0.25) is 0 Å². The predicted molar refractivity (Wildman–Crippen MR) is 83.8 cm³/mol. The Labute approximate surface area is 130 Å². The fourth-order valence-corrected chi connectivity index (χ4v) is 4.63. The minimum Gasteiger partial charge on any atom is -0.200 e. The standard InChI is InChI=1S/C15H19ClN2O2S/c1-10(15-9-11-2-3-12(15)8-11)17-18-21(19,20)14-6-4-13(16)5-7-14/h4-7,11-12,15,18H,2-3,8-9H2,1H3/b17-10-/t11-,12+,15-/m0/s1. The number of hydrogen-bond donors (Lipinski definition) is 1. The normalized spacial score (nSPS) is 28.9. The van der Waals surface area contributed by atoms with Crippen molar-refractivity contribution in [2.45, 2.75) is 37.5 Å². The summed E-state index contributed by atoms with van der Waals surface area (Å²) in [5.41, 5.74) is 0.903. The predicted octanol–water partition coefficient (Wildman–Crippen LogP) is 3.43. The monoisotopic (exact) mass is 326 g/mol. The van der Waals surface area contributed by atoms with Crippen LogP contribution in [0.4, 0.5) is 0 Å². The molecule has 2 aliphatic carbocycles. The quantitative estimate of drug-likeness (QED) is 0.680. The van der Waals surface area contributed by atoms with E-state index < -0.39 is 10.0 Å². The van der Waals surface area contributed by atoms with Gasteiger partial charge in [0.1, 0.15) is 0 Å². The van der Waals surface area contributed by atoms with E-state index in [4.69, 9.17) is 11.6 Å². The van der Waals surface area contributed by atoms with Gasteiger partial charge in [-0.05, 0) is 62.3 Å². The molecule has 1 aromatic rings. The van der Waals surface area contributed by atoms with Gasteiger partial charge in [0.25, 0.3) is 10.0 Å². The number of rotatable bonds is 4. The lowest BCUT2D eigenvalue weighted by Crippen LogP contribution is -2.24. The molecule has 2 aliphatic rings. The van der Waals surface area contributed by atoms with Crippen LogP contribution in [0.1, 0.15) is 32.6 Å². The summed E-state index contributed by atoms with van der Waals surface area (Å²) in [6.07, 6.45) is 5.02. The Morgan fingerprint density at radius 2 is 1.95 bits per heavy atom. The number of hydrogen-bond acceptors (Lipinski definition) is 3. The van der Waals surface area contributed by atoms with Gasteiger partial charge in [0, 0.05) is 16.7 Å². The van der Waals surface area contributed by atoms with E-state index in [1.165, 1.54) is 31.4 Å². The van der Waals surface area contributed by atoms with Crippen LogP contribution in [0.3, 0.4) is 0 Å². The average Bonchev–Trinajstić information content (AvgIpc) is 3.08. The lowest BCUT2D eigenvalue weighted by atomic mass is 9.86. The Balaban J connectivity index is 1.71. The van der Waals surface area contributed by atoms with E-state index in [0.717, 1.165) is 18.1 Å². The summed E-state index contributed by atoms with van der Waals surface area (Å²) in [4.78, 5) is 2.53. The van der Waals surface area contributed by atoms with Crippen LogP contribution in [0.25, 0.3) is 0 Å². The van der Waals surface area contributed by atoms with Crippen molar-refractivity contribution in [2.75, 3.05) is 0 Å². The van der Waals surface area contributed by atoms with Crippen LogP contribution in [0.2, 0.25) is 5.02 Å². The van der Waals surface area contributed by atoms with Crippen molar-refractivity contribution < 1.29 is 8.42 Å². The first kappa shape index (κ1) is 14.9. The molecular weight excluding hydrogens is 308 g/mol. The van der Waals surface area contributed by atoms with Gasteiger partial charge < -0.3 is 0 Å². The van der Waals surface area contributed by atoms with Crippen LogP contribution in [-0.4, -0.2) is 14.1 Å². The number of fused-ring (bicyclic) bond motifs is 2. The summed E-state index contributed by atoms with van der Waals surface area (Å²) in [6.45, 7) is 1.93. The van der Waals surface area contributed by atoms with Gasteiger partial charge in [-0.3, -0.25) is 0 Å². The van der Waals surface area contributed by atoms with E-state index in [1.54, 1.807) is 12.1 Å². The summed E-state index contributed by atoms with van der Waals surface area (Å²) >= 11 is 5.77. The second kappa shape index (κ2) is 5.61. The highest BCUT2D eigenvalue weighted by Crippen LogP contribution is 2.48. The van der Waals surface area contributed by atoms with Crippen LogP contribution in [-0.2, 0) is 10.0 Å². The Bertz CT molecular complexity index is 655. The van der Waals surface area contributed by atoms with Gasteiger partial charge in [0.05, 0.1) is 4.90 Å². The highest BCUT2D eigenvalue weighted by Gasteiger charge is 2.40. The third-order valence-corrected chi connectivity index (χ3v) is 6.22. The molecule has 114 valence electrons. The number of sulfonamides is 1. The molecule has 4 nitrogen and oxygen atoms in total. The van der Waals surface area contributed by atoms with Gasteiger partial charge in [-0.1, -0.05) is 18.0 Å². The van der Waals surface area contributed by atoms with E-state index in [9.17, 15) is 8.42 Å². The van der Waals surface area contributed by atoms with E-state index in [2.05, 4.69) is 9.93 Å². The van der Waals surface area contributed by atoms with E-state index in [1.807, 2.05) is 6.92 Å². The molecule has 0 aliphatic heterocycles. The average molecular weight is 327 g/mol. The SMILES string of the molecule is C/C(=N/NS(=O)(=O)c1ccc(Cl)cc1)[C@@H]1C[C@H]2CC[C@@H]1C2. The molecule has 6 heteroatoms. The van der Waals surface area contributed by atoms with Crippen molar-refractivity contribution in [2.24, 2.45) is 22.9 Å². The van der Waals surface area contributed by atoms with Crippen LogP contribution in [0.5, 0.6) is 0 Å². The number of hydrazone groups is 1. The number of nitrogens with zero attached hydrogens (tertiary/aromatic N) is 1. The zero-order chi connectivity index (χ0) is 15.0. The fourth-order valence-electron chi connectivity index (χ4n) is 3.64. The summed E-state index contributed by atoms with van der Waals surface area (Å²) in [7, 11) is -3.61. The maximum Gasteiger partial charge on any atom is 0.276 e. The van der Waals surface area contributed by atoms with Crippen LogP contribution in [0, 0.1) is 17.8 Å². The summed E-state index contributed by atoms with van der Waals surface area (Å²) in [5.74, 6) is 1.95. The topological polar surface area (TPSA) is 58.5 Å². The van der Waals surface area contributed by atoms with E-state index >= 15 is 0 Å². The number of nitrogens with one attached hydrogen (secondary N) is 1. The molecule has 2 bridgehead atoms. The first-order valence-corrected chi connectivity index (χ1v) is 9.13. The summed E-state index contributed by atoms with van der Waals surface area (Å²) in [5, 5.41) is 4.65. The minimum atomic E-state index is -3.61. The smallest absolute Gasteiger partial charge is 0.200 e. The second-order valence-corrected chi connectivity index (χ2v) is 8.18. The number of halogens is 1. The third kappa shape index (κ3) is 3.09. The van der Waals surface area contributed by atoms with Gasteiger partial charge in [0.15, 0.2) is 0 Å². The molecule has 1 aromatic carbocycles. The Hall–Kier alpha value is -1.07. The van der Waals surface area contributed by atoms with Crippen molar-refractivity contribution in [1.29, 1.82) is 0 Å². The number of benzene rings is 1. The van der Waals surface area contributed by atoms with Gasteiger partial charge in [-0.15, -0.1) is 0 Å². The molecule has 2 saturated carbocycles. The first-order chi connectivity index (χ1) is 9.95. The van der Waals surface area contributed by atoms with Crippen LogP contribution >= 0.6 is 11.6 Å². The molecule has 0 spiro atoms. The molecule has 1 N–H and O–H groups in total. The Morgan fingerprint density at radius 3 is 2.52 bits per heavy atom. The van der Waals surface area contributed by atoms with Crippen molar-refractivity contribution in [1.82, 2.24) is 4.83 Å². The minimum absolute atomic E-state index is 0.177. The van der Waals surface area contributed by atoms with Crippen molar-refractivity contribution >= 4 is 27.3 Å². The van der Waals surface area contributed by atoms with E-state index in [-0.39, 0.29) is 4.90 Å². The molecule has 0 radical (unpaired) electrons. The van der Waals surface area contributed by atoms with Crippen LogP contribution in [0.15, 0.2) is 34.3 Å². The second-order valence-electron chi connectivity index (χ2n) is 6.08. The first-order valence-electron chi connectivity index (χ1n) is 7.27. The zero-order valence-electron chi connectivity index (χ0n) is 11.9. The molecule has 3 rings (SSSR count). The highest BCUT2D eigenvalue weighted by molar-refractivity contribution is 7.89. The largest absolute Gasteiger partial charge is 0.276 e. The van der Waals surface area contributed by atoms with Gasteiger partial charge in [-0.2, -0.15) is 13.5 Å². The molecule has 0 aromatic heterocycles. The van der Waals surface area contributed by atoms with Crippen LogP contribution < -0.4 is 4.83 Å². The Morgan fingerprint density at radius 1 is 1.24 bits per heavy atom. The highest BCUT2D eigenvalue weighted by atomic mass is 35.5. The van der Waals surface area contributed by atoms with Gasteiger partial charge in [-0.25, -0.2) is 4.83 Å². The zero-order valence-corrected chi connectivity index (χ0v) is 13.5. The van der Waals surface area contributed by atoms with Gasteiger partial charge >= 0.3 is 0 Å². The molecule has 0 saturated heterocycles. The maximum atomic E-state index is 12.2. The van der Waals surface area contributed by atoms with Crippen molar-refractivity contribution in [3.8, 4) is 0 Å². The fraction of sp³-hybridized carbons (Fsp3) is 0.533. The Kier molecular flexibility index (Phi) is 3.97. The van der Waals surface area contributed by atoms with E-state index in [0.29, 0.717) is 16.9 Å². The molecule has 2 fully saturated rings. The molecule has 0 heterocycles. The summed E-state index contributed by atoms with van der Waals surface area (Å²) in [6, 6.07) is 6.07. The molecule has 0 unspecified atom stereocenters. The maximum absolute atomic E-state index is 12.2. The lowest BCUT2D eigenvalue weighted by Gasteiger charge is -2.21. The summed E-state index contributed by atoms with van der Waals surface area (Å²) < 4.78 is 24.3. The third-order valence-electron chi connectivity index (χ3n) is 4.74. The lowest BCUT2D eigenvalue weighted by molar-refractivity contribution is 0.413. The molecule has 21 heavy (non-hydrogen) atoms.